The number of fused-ring (bicyclic) bond motifs is 1. The minimum absolute atomic E-state index is 0.403. The predicted octanol–water partition coefficient (Wildman–Crippen LogP) is 3.63. The summed E-state index contributed by atoms with van der Waals surface area (Å²) < 4.78 is 10.9. The molecule has 1 aliphatic heterocycles. The molecular formula is C16H19O2S+. The van der Waals surface area contributed by atoms with E-state index in [1.807, 2.05) is 6.07 Å². The van der Waals surface area contributed by atoms with Crippen molar-refractivity contribution in [2.45, 2.75) is 17.7 Å². The second kappa shape index (κ2) is 5.33. The molecule has 0 atom stereocenters. The maximum absolute atomic E-state index is 5.48. The first kappa shape index (κ1) is 12.7. The molecule has 2 nitrogen and oxygen atoms in total. The number of ether oxygens (including phenoxy) is 2. The summed E-state index contributed by atoms with van der Waals surface area (Å²) in [5, 5.41) is 2.49. The molecule has 3 rings (SSSR count). The Hall–Kier alpha value is -1.35. The van der Waals surface area contributed by atoms with Crippen LogP contribution in [0.5, 0.6) is 11.5 Å². The lowest BCUT2D eigenvalue weighted by Crippen LogP contribution is -2.05. The third-order valence-electron chi connectivity index (χ3n) is 3.71. The van der Waals surface area contributed by atoms with Crippen LogP contribution in [0.25, 0.3) is 10.8 Å². The zero-order valence-corrected chi connectivity index (χ0v) is 12.3. The number of hydrogen-bond donors (Lipinski definition) is 0. The molecule has 1 fully saturated rings. The summed E-state index contributed by atoms with van der Waals surface area (Å²) in [6.45, 7) is 0. The van der Waals surface area contributed by atoms with Crippen molar-refractivity contribution in [3.05, 3.63) is 30.3 Å². The molecule has 19 heavy (non-hydrogen) atoms. The molecule has 0 bridgehead atoms. The fourth-order valence-electron chi connectivity index (χ4n) is 2.70. The second-order valence-corrected chi connectivity index (χ2v) is 7.03. The van der Waals surface area contributed by atoms with Crippen LogP contribution in [0.3, 0.4) is 0 Å². The normalized spacial score (nSPS) is 15.9. The van der Waals surface area contributed by atoms with Crippen LogP contribution in [0.1, 0.15) is 12.8 Å². The second-order valence-electron chi connectivity index (χ2n) is 4.79. The van der Waals surface area contributed by atoms with Gasteiger partial charge in [-0.25, -0.2) is 0 Å². The fraction of sp³-hybridized carbons (Fsp3) is 0.375. The smallest absolute Gasteiger partial charge is 0.163 e. The van der Waals surface area contributed by atoms with Crippen LogP contribution in [0.15, 0.2) is 35.2 Å². The predicted molar refractivity (Wildman–Crippen MR) is 81.7 cm³/mol. The van der Waals surface area contributed by atoms with Crippen molar-refractivity contribution in [2.24, 2.45) is 0 Å². The van der Waals surface area contributed by atoms with Crippen molar-refractivity contribution in [3.8, 4) is 11.5 Å². The van der Waals surface area contributed by atoms with E-state index in [1.165, 1.54) is 40.0 Å². The summed E-state index contributed by atoms with van der Waals surface area (Å²) >= 11 is 0. The monoisotopic (exact) mass is 275 g/mol. The summed E-state index contributed by atoms with van der Waals surface area (Å²) in [6, 6.07) is 10.6. The van der Waals surface area contributed by atoms with Gasteiger partial charge in [0.15, 0.2) is 4.90 Å². The molecule has 2 aromatic carbocycles. The first-order valence-corrected chi connectivity index (χ1v) is 8.22. The third-order valence-corrected chi connectivity index (χ3v) is 6.25. The lowest BCUT2D eigenvalue weighted by molar-refractivity contribution is 0.414. The van der Waals surface area contributed by atoms with Gasteiger partial charge in [-0.3, -0.25) is 0 Å². The molecule has 1 heterocycles. The Labute approximate surface area is 117 Å². The minimum Gasteiger partial charge on any atom is -0.497 e. The number of benzene rings is 2. The molecule has 0 N–H and O–H groups in total. The van der Waals surface area contributed by atoms with Gasteiger partial charge in [0.2, 0.25) is 0 Å². The average Bonchev–Trinajstić information content (AvgIpc) is 2.99. The van der Waals surface area contributed by atoms with Gasteiger partial charge >= 0.3 is 0 Å². The van der Waals surface area contributed by atoms with Crippen LogP contribution in [-0.4, -0.2) is 25.7 Å². The molecule has 0 spiro atoms. The van der Waals surface area contributed by atoms with Crippen molar-refractivity contribution in [1.29, 1.82) is 0 Å². The maximum atomic E-state index is 5.48. The SMILES string of the molecule is COc1ccc2c(OC)ccc([S+]3CCCC3)c2c1. The zero-order valence-electron chi connectivity index (χ0n) is 11.4. The van der Waals surface area contributed by atoms with Crippen LogP contribution in [0, 0.1) is 0 Å². The maximum Gasteiger partial charge on any atom is 0.163 e. The first-order chi connectivity index (χ1) is 9.33. The van der Waals surface area contributed by atoms with Crippen molar-refractivity contribution >= 4 is 21.7 Å². The Morgan fingerprint density at radius 3 is 2.37 bits per heavy atom. The molecule has 0 saturated carbocycles. The van der Waals surface area contributed by atoms with E-state index in [2.05, 4.69) is 24.3 Å². The van der Waals surface area contributed by atoms with Gasteiger partial charge in [-0.1, -0.05) is 0 Å². The Bertz CT molecular complexity index is 589. The Morgan fingerprint density at radius 1 is 0.895 bits per heavy atom. The lowest BCUT2D eigenvalue weighted by Gasteiger charge is -2.10. The zero-order chi connectivity index (χ0) is 13.2. The molecule has 1 aliphatic rings. The van der Waals surface area contributed by atoms with Crippen LogP contribution in [0.4, 0.5) is 0 Å². The third kappa shape index (κ3) is 2.27. The van der Waals surface area contributed by atoms with E-state index in [4.69, 9.17) is 9.47 Å². The summed E-state index contributed by atoms with van der Waals surface area (Å²) in [7, 11) is 3.86. The highest BCUT2D eigenvalue weighted by Gasteiger charge is 2.29. The molecule has 0 aliphatic carbocycles. The molecule has 0 aromatic heterocycles. The molecular weight excluding hydrogens is 256 g/mol. The molecule has 3 heteroatoms. The van der Waals surface area contributed by atoms with E-state index < -0.39 is 0 Å². The Morgan fingerprint density at radius 2 is 1.68 bits per heavy atom. The van der Waals surface area contributed by atoms with Gasteiger partial charge in [0.1, 0.15) is 23.0 Å². The van der Waals surface area contributed by atoms with E-state index in [9.17, 15) is 0 Å². The van der Waals surface area contributed by atoms with Crippen LogP contribution < -0.4 is 9.47 Å². The summed E-state index contributed by atoms with van der Waals surface area (Å²) in [4.78, 5) is 1.48. The topological polar surface area (TPSA) is 18.5 Å². The Balaban J connectivity index is 2.20. The number of methoxy groups -OCH3 is 2. The van der Waals surface area contributed by atoms with Crippen molar-refractivity contribution in [3.63, 3.8) is 0 Å². The van der Waals surface area contributed by atoms with Gasteiger partial charge in [0, 0.05) is 21.7 Å². The van der Waals surface area contributed by atoms with Crippen molar-refractivity contribution in [2.75, 3.05) is 25.7 Å². The van der Waals surface area contributed by atoms with Gasteiger partial charge in [-0.2, -0.15) is 0 Å². The molecule has 1 saturated heterocycles. The lowest BCUT2D eigenvalue weighted by atomic mass is 10.1. The van der Waals surface area contributed by atoms with E-state index in [1.54, 1.807) is 14.2 Å². The van der Waals surface area contributed by atoms with E-state index in [0.717, 1.165) is 11.5 Å². The van der Waals surface area contributed by atoms with Crippen molar-refractivity contribution in [1.82, 2.24) is 0 Å². The molecule has 0 radical (unpaired) electrons. The van der Waals surface area contributed by atoms with E-state index in [0.29, 0.717) is 10.9 Å². The highest BCUT2D eigenvalue weighted by atomic mass is 32.2. The molecule has 0 unspecified atom stereocenters. The minimum atomic E-state index is 0.403. The summed E-state index contributed by atoms with van der Waals surface area (Å²) in [5.74, 6) is 4.53. The van der Waals surface area contributed by atoms with E-state index in [-0.39, 0.29) is 0 Å². The van der Waals surface area contributed by atoms with Gasteiger partial charge in [-0.15, -0.1) is 0 Å². The molecule has 0 amide bonds. The van der Waals surface area contributed by atoms with Gasteiger partial charge in [-0.05, 0) is 43.2 Å². The number of rotatable bonds is 3. The average molecular weight is 275 g/mol. The summed E-state index contributed by atoms with van der Waals surface area (Å²) in [5.41, 5.74) is 0. The Kier molecular flexibility index (Phi) is 3.56. The van der Waals surface area contributed by atoms with Gasteiger partial charge < -0.3 is 9.47 Å². The van der Waals surface area contributed by atoms with Crippen LogP contribution >= 0.6 is 0 Å². The van der Waals surface area contributed by atoms with Gasteiger partial charge in [0.05, 0.1) is 14.2 Å². The largest absolute Gasteiger partial charge is 0.497 e. The van der Waals surface area contributed by atoms with E-state index >= 15 is 0 Å². The first-order valence-electron chi connectivity index (χ1n) is 6.65. The highest BCUT2D eigenvalue weighted by molar-refractivity contribution is 7.97. The quantitative estimate of drug-likeness (QED) is 0.796. The fourth-order valence-corrected chi connectivity index (χ4v) is 5.19. The molecule has 100 valence electrons. The molecule has 2 aromatic rings. The standard InChI is InChI=1S/C16H19O2S/c1-17-12-5-6-13-14(11-12)16(8-7-15(13)18-2)19-9-3-4-10-19/h5-8,11H,3-4,9-10H2,1-2H3/q+1. The van der Waals surface area contributed by atoms with Crippen LogP contribution in [0.2, 0.25) is 0 Å². The summed E-state index contributed by atoms with van der Waals surface area (Å²) in [6.07, 6.45) is 2.72. The van der Waals surface area contributed by atoms with Crippen LogP contribution in [-0.2, 0) is 10.9 Å². The van der Waals surface area contributed by atoms with Gasteiger partial charge in [0.25, 0.3) is 0 Å². The highest BCUT2D eigenvalue weighted by Crippen LogP contribution is 2.36. The number of hydrogen-bond acceptors (Lipinski definition) is 2. The van der Waals surface area contributed by atoms with Crippen molar-refractivity contribution < 1.29 is 9.47 Å².